The third-order valence-electron chi connectivity index (χ3n) is 3.32. The Morgan fingerprint density at radius 1 is 1.21 bits per heavy atom. The van der Waals surface area contributed by atoms with Gasteiger partial charge in [0.15, 0.2) is 0 Å². The summed E-state index contributed by atoms with van der Waals surface area (Å²) < 4.78 is 0. The molecule has 0 aromatic heterocycles. The first-order valence-corrected chi connectivity index (χ1v) is 6.61. The van der Waals surface area contributed by atoms with E-state index in [-0.39, 0.29) is 25.0 Å². The predicted octanol–water partition coefficient (Wildman–Crippen LogP) is -0.229. The lowest BCUT2D eigenvalue weighted by Gasteiger charge is -2.36. The fraction of sp³-hybridized carbons (Fsp3) is 0.750. The molecule has 3 N–H and O–H groups in total. The average Bonchev–Trinajstić information content (AvgIpc) is 3.05. The van der Waals surface area contributed by atoms with E-state index in [0.29, 0.717) is 25.4 Å². The minimum absolute atomic E-state index is 0.0339. The van der Waals surface area contributed by atoms with E-state index in [2.05, 4.69) is 10.6 Å². The second-order valence-corrected chi connectivity index (χ2v) is 5.12. The maximum atomic E-state index is 11.5. The van der Waals surface area contributed by atoms with E-state index in [9.17, 15) is 14.4 Å². The van der Waals surface area contributed by atoms with E-state index < -0.39 is 11.9 Å². The number of nitrogens with zero attached hydrogens (tertiary/aromatic N) is 1. The molecule has 106 valence electrons. The zero-order chi connectivity index (χ0) is 13.8. The van der Waals surface area contributed by atoms with Crippen LogP contribution in [0.5, 0.6) is 0 Å². The van der Waals surface area contributed by atoms with Gasteiger partial charge < -0.3 is 20.6 Å². The first kappa shape index (κ1) is 13.6. The molecule has 2 fully saturated rings. The highest BCUT2D eigenvalue weighted by Crippen LogP contribution is 2.18. The molecule has 1 saturated heterocycles. The van der Waals surface area contributed by atoms with Crippen LogP contribution in [0.2, 0.25) is 0 Å². The van der Waals surface area contributed by atoms with Crippen molar-refractivity contribution in [1.82, 2.24) is 15.5 Å². The topological polar surface area (TPSA) is 98.7 Å². The lowest BCUT2D eigenvalue weighted by Crippen LogP contribution is -2.56. The summed E-state index contributed by atoms with van der Waals surface area (Å²) in [5, 5.41) is 14.2. The molecular formula is C12H19N3O4. The predicted molar refractivity (Wildman–Crippen MR) is 66.5 cm³/mol. The summed E-state index contributed by atoms with van der Waals surface area (Å²) in [6.45, 7) is 0.970. The Balaban J connectivity index is 1.50. The van der Waals surface area contributed by atoms with Crippen molar-refractivity contribution in [2.45, 2.75) is 31.7 Å². The van der Waals surface area contributed by atoms with Gasteiger partial charge >= 0.3 is 12.0 Å². The maximum Gasteiger partial charge on any atom is 0.317 e. The van der Waals surface area contributed by atoms with Crippen molar-refractivity contribution in [1.29, 1.82) is 0 Å². The molecule has 0 unspecified atom stereocenters. The molecule has 0 radical (unpaired) electrons. The van der Waals surface area contributed by atoms with Crippen LogP contribution in [0.25, 0.3) is 0 Å². The van der Waals surface area contributed by atoms with Crippen LogP contribution in [0, 0.1) is 5.92 Å². The first-order chi connectivity index (χ1) is 9.06. The number of aliphatic carboxylic acids is 1. The van der Waals surface area contributed by atoms with E-state index in [1.54, 1.807) is 0 Å². The van der Waals surface area contributed by atoms with Gasteiger partial charge in [-0.25, -0.2) is 4.79 Å². The third-order valence-corrected chi connectivity index (χ3v) is 3.32. The number of carboxylic acid groups (broad SMARTS) is 1. The number of carboxylic acids is 1. The summed E-state index contributed by atoms with van der Waals surface area (Å²) in [5.74, 6) is -1.26. The molecule has 0 bridgehead atoms. The Morgan fingerprint density at radius 2 is 1.89 bits per heavy atom. The van der Waals surface area contributed by atoms with Crippen LogP contribution >= 0.6 is 0 Å². The number of nitrogens with one attached hydrogen (secondary N) is 2. The highest BCUT2D eigenvalue weighted by atomic mass is 16.4. The zero-order valence-electron chi connectivity index (χ0n) is 10.7. The Hall–Kier alpha value is -1.79. The van der Waals surface area contributed by atoms with E-state index in [0.717, 1.165) is 12.8 Å². The van der Waals surface area contributed by atoms with Gasteiger partial charge in [0.05, 0.1) is 5.92 Å². The van der Waals surface area contributed by atoms with Crippen LogP contribution in [0.1, 0.15) is 25.7 Å². The molecule has 3 amide bonds. The molecule has 1 aliphatic heterocycles. The van der Waals surface area contributed by atoms with Gasteiger partial charge in [0.25, 0.3) is 0 Å². The lowest BCUT2D eigenvalue weighted by molar-refractivity contribution is -0.146. The van der Waals surface area contributed by atoms with Crippen molar-refractivity contribution in [2.24, 2.45) is 5.92 Å². The fourth-order valence-electron chi connectivity index (χ4n) is 1.88. The summed E-state index contributed by atoms with van der Waals surface area (Å²) in [6, 6.07) is 0.122. The van der Waals surface area contributed by atoms with Crippen LogP contribution in [-0.2, 0) is 9.59 Å². The van der Waals surface area contributed by atoms with E-state index >= 15 is 0 Å². The molecule has 0 atom stereocenters. The number of hydrogen-bond donors (Lipinski definition) is 3. The highest BCUT2D eigenvalue weighted by Gasteiger charge is 2.35. The number of urea groups is 1. The number of hydrogen-bond acceptors (Lipinski definition) is 3. The molecule has 7 heteroatoms. The van der Waals surface area contributed by atoms with Crippen molar-refractivity contribution >= 4 is 17.9 Å². The molecule has 1 aliphatic carbocycles. The van der Waals surface area contributed by atoms with Crippen molar-refractivity contribution < 1.29 is 19.5 Å². The Bertz CT molecular complexity index is 375. The second-order valence-electron chi connectivity index (χ2n) is 5.12. The standard InChI is InChI=1S/C12H19N3O4/c16-10(14-9-3-4-9)2-1-5-13-12(19)15-6-8(7-15)11(17)18/h8-9H,1-7H2,(H,13,19)(H,14,16)(H,17,18). The molecule has 0 aromatic rings. The third kappa shape index (κ3) is 4.11. The number of amides is 3. The number of rotatable bonds is 6. The van der Waals surface area contributed by atoms with Crippen LogP contribution < -0.4 is 10.6 Å². The Morgan fingerprint density at radius 3 is 2.47 bits per heavy atom. The fourth-order valence-corrected chi connectivity index (χ4v) is 1.88. The zero-order valence-corrected chi connectivity index (χ0v) is 10.7. The summed E-state index contributed by atoms with van der Waals surface area (Å²) in [6.07, 6.45) is 3.15. The molecule has 0 spiro atoms. The quantitative estimate of drug-likeness (QED) is 0.580. The van der Waals surface area contributed by atoms with Gasteiger partial charge in [-0.3, -0.25) is 9.59 Å². The molecular weight excluding hydrogens is 250 g/mol. The minimum Gasteiger partial charge on any atom is -0.481 e. The molecule has 0 aromatic carbocycles. The molecule has 1 heterocycles. The van der Waals surface area contributed by atoms with E-state index in [1.807, 2.05) is 0 Å². The minimum atomic E-state index is -0.860. The van der Waals surface area contributed by atoms with Crippen molar-refractivity contribution in [3.63, 3.8) is 0 Å². The largest absolute Gasteiger partial charge is 0.481 e. The van der Waals surface area contributed by atoms with Crippen LogP contribution in [0.15, 0.2) is 0 Å². The van der Waals surface area contributed by atoms with Crippen LogP contribution in [-0.4, -0.2) is 53.6 Å². The van der Waals surface area contributed by atoms with Gasteiger partial charge in [-0.1, -0.05) is 0 Å². The van der Waals surface area contributed by atoms with Gasteiger partial charge in [0.1, 0.15) is 0 Å². The maximum absolute atomic E-state index is 11.5. The van der Waals surface area contributed by atoms with Crippen molar-refractivity contribution in [2.75, 3.05) is 19.6 Å². The van der Waals surface area contributed by atoms with Gasteiger partial charge in [-0.05, 0) is 19.3 Å². The molecule has 1 saturated carbocycles. The molecule has 19 heavy (non-hydrogen) atoms. The van der Waals surface area contributed by atoms with Crippen molar-refractivity contribution in [3.05, 3.63) is 0 Å². The monoisotopic (exact) mass is 269 g/mol. The highest BCUT2D eigenvalue weighted by molar-refractivity contribution is 5.80. The van der Waals surface area contributed by atoms with Gasteiger partial charge in [0, 0.05) is 32.1 Å². The second kappa shape index (κ2) is 5.90. The molecule has 2 rings (SSSR count). The molecule has 2 aliphatic rings. The molecule has 7 nitrogen and oxygen atoms in total. The smallest absolute Gasteiger partial charge is 0.317 e. The number of carbonyl (C=O) groups excluding carboxylic acids is 2. The van der Waals surface area contributed by atoms with Crippen molar-refractivity contribution in [3.8, 4) is 0 Å². The Kier molecular flexibility index (Phi) is 4.24. The first-order valence-electron chi connectivity index (χ1n) is 6.61. The van der Waals surface area contributed by atoms with Gasteiger partial charge in [-0.2, -0.15) is 0 Å². The SMILES string of the molecule is O=C(CCCNC(=O)N1CC(C(=O)O)C1)NC1CC1. The van der Waals surface area contributed by atoms with Crippen LogP contribution in [0.3, 0.4) is 0 Å². The summed E-state index contributed by atoms with van der Waals surface area (Å²) >= 11 is 0. The number of likely N-dealkylation sites (tertiary alicyclic amines) is 1. The summed E-state index contributed by atoms with van der Waals surface area (Å²) in [7, 11) is 0. The van der Waals surface area contributed by atoms with E-state index in [4.69, 9.17) is 5.11 Å². The normalized spacial score (nSPS) is 18.6. The van der Waals surface area contributed by atoms with Gasteiger partial charge in [0.2, 0.25) is 5.91 Å². The summed E-state index contributed by atoms with van der Waals surface area (Å²) in [4.78, 5) is 34.9. The summed E-state index contributed by atoms with van der Waals surface area (Å²) in [5.41, 5.74) is 0. The van der Waals surface area contributed by atoms with E-state index in [1.165, 1.54) is 4.90 Å². The van der Waals surface area contributed by atoms with Gasteiger partial charge in [-0.15, -0.1) is 0 Å². The Labute approximate surface area is 111 Å². The number of carbonyl (C=O) groups is 3. The van der Waals surface area contributed by atoms with Crippen LogP contribution in [0.4, 0.5) is 4.79 Å². The lowest BCUT2D eigenvalue weighted by atomic mass is 10.0. The average molecular weight is 269 g/mol.